The molecule has 1 aliphatic heterocycles. The minimum absolute atomic E-state index is 0.0415. The number of carbonyl (C=O) groups is 1. The number of para-hydroxylation sites is 1. The molecule has 1 aliphatic carbocycles. The van der Waals surface area contributed by atoms with Gasteiger partial charge in [-0.15, -0.1) is 0 Å². The van der Waals surface area contributed by atoms with Crippen molar-refractivity contribution in [3.05, 3.63) is 77.1 Å². The molecule has 2 aromatic carbocycles. The predicted molar refractivity (Wildman–Crippen MR) is 144 cm³/mol. The summed E-state index contributed by atoms with van der Waals surface area (Å²) in [7, 11) is 4.09. The first-order chi connectivity index (χ1) is 17.8. The van der Waals surface area contributed by atoms with Crippen molar-refractivity contribution < 1.29 is 14.6 Å². The number of nitrogens with one attached hydrogen (secondary N) is 3. The molecule has 1 fully saturated rings. The minimum atomic E-state index is -1.02. The second-order valence-corrected chi connectivity index (χ2v) is 10.4. The van der Waals surface area contributed by atoms with Crippen LogP contribution in [0.3, 0.4) is 0 Å². The van der Waals surface area contributed by atoms with Crippen LogP contribution in [-0.2, 0) is 4.79 Å². The monoisotopic (exact) mass is 517 g/mol. The molecule has 3 heterocycles. The highest BCUT2D eigenvalue weighted by Crippen LogP contribution is 2.46. The third kappa shape index (κ3) is 4.11. The van der Waals surface area contributed by atoms with Gasteiger partial charge in [-0.25, -0.2) is 4.98 Å². The number of aliphatic hydroxyl groups excluding tert-OH is 1. The number of halogens is 1. The lowest BCUT2D eigenvalue weighted by molar-refractivity contribution is -0.120. The summed E-state index contributed by atoms with van der Waals surface area (Å²) in [5.41, 5.74) is 2.45. The molecule has 3 atom stereocenters. The molecule has 6 rings (SSSR count). The van der Waals surface area contributed by atoms with E-state index in [1.165, 1.54) is 0 Å². The Kier molecular flexibility index (Phi) is 5.82. The Bertz CT molecular complexity index is 1490. The Morgan fingerprint density at radius 3 is 2.70 bits per heavy atom. The van der Waals surface area contributed by atoms with Gasteiger partial charge in [-0.3, -0.25) is 4.79 Å². The second-order valence-electron chi connectivity index (χ2n) is 10.0. The van der Waals surface area contributed by atoms with Gasteiger partial charge in [0.2, 0.25) is 5.91 Å². The first-order valence-electron chi connectivity index (χ1n) is 12.3. The molecule has 2 aliphatic rings. The fourth-order valence-corrected chi connectivity index (χ4v) is 5.74. The van der Waals surface area contributed by atoms with Crippen LogP contribution in [0.5, 0.6) is 11.5 Å². The molecule has 9 heteroatoms. The highest BCUT2D eigenvalue weighted by atomic mass is 35.5. The van der Waals surface area contributed by atoms with E-state index in [-0.39, 0.29) is 5.91 Å². The van der Waals surface area contributed by atoms with E-state index in [0.717, 1.165) is 23.9 Å². The zero-order valence-electron chi connectivity index (χ0n) is 20.6. The molecule has 1 amide bonds. The molecular formula is C28H28ClN5O3. The van der Waals surface area contributed by atoms with Gasteiger partial charge in [0.15, 0.2) is 0 Å². The van der Waals surface area contributed by atoms with Gasteiger partial charge < -0.3 is 30.4 Å². The van der Waals surface area contributed by atoms with Gasteiger partial charge >= 0.3 is 0 Å². The van der Waals surface area contributed by atoms with Gasteiger partial charge in [0.1, 0.15) is 28.8 Å². The van der Waals surface area contributed by atoms with Crippen LogP contribution in [0.25, 0.3) is 11.0 Å². The number of hydrogen-bond acceptors (Lipinski definition) is 6. The standard InChI is InChI=1S/C28H28ClN5O3/c1-34(2)16-10-11-28(13-16)27(36)32-22-15-31-26-23(24(22)33-28)20(14-30-26)25(35)19-9-8-18(12-21(19)29)37-17-6-4-3-5-7-17/h3-9,12,14-16,25,33,35H,10-11,13H2,1-2H3,(H,30,31)(H,32,36). The maximum Gasteiger partial charge on any atom is 0.250 e. The van der Waals surface area contributed by atoms with Gasteiger partial charge in [0.25, 0.3) is 0 Å². The number of aromatic nitrogens is 2. The van der Waals surface area contributed by atoms with Crippen molar-refractivity contribution in [3.8, 4) is 11.5 Å². The highest BCUT2D eigenvalue weighted by Gasteiger charge is 2.49. The van der Waals surface area contributed by atoms with Crippen LogP contribution in [0.1, 0.15) is 36.5 Å². The number of pyridine rings is 1. The van der Waals surface area contributed by atoms with Gasteiger partial charge in [-0.05, 0) is 57.6 Å². The molecule has 4 N–H and O–H groups in total. The first-order valence-corrected chi connectivity index (χ1v) is 12.7. The smallest absolute Gasteiger partial charge is 0.250 e. The molecular weight excluding hydrogens is 490 g/mol. The number of aliphatic hydroxyl groups is 1. The van der Waals surface area contributed by atoms with Crippen molar-refractivity contribution in [2.75, 3.05) is 24.7 Å². The normalized spacial score (nSPS) is 21.6. The van der Waals surface area contributed by atoms with Crippen molar-refractivity contribution in [1.82, 2.24) is 14.9 Å². The number of nitrogens with zero attached hydrogens (tertiary/aromatic N) is 2. The summed E-state index contributed by atoms with van der Waals surface area (Å²) in [5.74, 6) is 1.24. The minimum Gasteiger partial charge on any atom is -0.457 e. The topological polar surface area (TPSA) is 103 Å². The molecule has 2 aromatic heterocycles. The summed E-state index contributed by atoms with van der Waals surface area (Å²) in [6.45, 7) is 0. The number of hydrogen-bond donors (Lipinski definition) is 4. The molecule has 1 saturated carbocycles. The molecule has 4 aromatic rings. The number of rotatable bonds is 5. The summed E-state index contributed by atoms with van der Waals surface area (Å²) in [6, 6.07) is 15.0. The molecule has 190 valence electrons. The Morgan fingerprint density at radius 2 is 1.97 bits per heavy atom. The number of benzene rings is 2. The van der Waals surface area contributed by atoms with Gasteiger partial charge in [0.05, 0.1) is 28.0 Å². The van der Waals surface area contributed by atoms with Crippen LogP contribution in [-0.4, -0.2) is 51.6 Å². The van der Waals surface area contributed by atoms with Gasteiger partial charge in [-0.2, -0.15) is 0 Å². The third-order valence-electron chi connectivity index (χ3n) is 7.54. The quantitative estimate of drug-likeness (QED) is 0.286. The number of H-pyrrole nitrogens is 1. The fraction of sp³-hybridized carbons (Fsp3) is 0.286. The summed E-state index contributed by atoms with van der Waals surface area (Å²) >= 11 is 6.62. The average Bonchev–Trinajstić information content (AvgIpc) is 3.51. The van der Waals surface area contributed by atoms with Crippen LogP contribution in [0.2, 0.25) is 5.02 Å². The third-order valence-corrected chi connectivity index (χ3v) is 7.87. The summed E-state index contributed by atoms with van der Waals surface area (Å²) < 4.78 is 5.88. The Labute approximate surface area is 219 Å². The van der Waals surface area contributed by atoms with E-state index in [9.17, 15) is 9.90 Å². The van der Waals surface area contributed by atoms with E-state index >= 15 is 0 Å². The molecule has 8 nitrogen and oxygen atoms in total. The fourth-order valence-electron chi connectivity index (χ4n) is 5.46. The van der Waals surface area contributed by atoms with Crippen LogP contribution in [0, 0.1) is 0 Å². The zero-order valence-corrected chi connectivity index (χ0v) is 21.3. The van der Waals surface area contributed by atoms with Crippen LogP contribution >= 0.6 is 11.6 Å². The van der Waals surface area contributed by atoms with Crippen molar-refractivity contribution in [2.24, 2.45) is 0 Å². The van der Waals surface area contributed by atoms with Crippen LogP contribution in [0.4, 0.5) is 11.4 Å². The highest BCUT2D eigenvalue weighted by molar-refractivity contribution is 6.31. The lowest BCUT2D eigenvalue weighted by Crippen LogP contribution is -2.51. The predicted octanol–water partition coefficient (Wildman–Crippen LogP) is 5.31. The molecule has 0 saturated heterocycles. The number of anilines is 2. The van der Waals surface area contributed by atoms with Crippen molar-refractivity contribution in [2.45, 2.75) is 36.9 Å². The molecule has 3 unspecified atom stereocenters. The van der Waals surface area contributed by atoms with Gasteiger partial charge in [0, 0.05) is 23.4 Å². The second kappa shape index (κ2) is 9.06. The zero-order chi connectivity index (χ0) is 25.7. The van der Waals surface area contributed by atoms with Crippen molar-refractivity contribution >= 4 is 39.9 Å². The maximum atomic E-state index is 13.2. The number of fused-ring (bicyclic) bond motifs is 3. The van der Waals surface area contributed by atoms with Crippen LogP contribution in [0.15, 0.2) is 60.9 Å². The van der Waals surface area contributed by atoms with Gasteiger partial charge in [-0.1, -0.05) is 35.9 Å². The lowest BCUT2D eigenvalue weighted by Gasteiger charge is -2.36. The number of amides is 1. The number of ether oxygens (including phenoxy) is 1. The molecule has 0 bridgehead atoms. The number of carbonyl (C=O) groups excluding carboxylic acids is 1. The molecule has 0 radical (unpaired) electrons. The van der Waals surface area contributed by atoms with E-state index in [4.69, 9.17) is 16.3 Å². The molecule has 37 heavy (non-hydrogen) atoms. The first kappa shape index (κ1) is 23.8. The lowest BCUT2D eigenvalue weighted by atomic mass is 9.91. The number of aromatic amines is 1. The largest absolute Gasteiger partial charge is 0.457 e. The summed E-state index contributed by atoms with van der Waals surface area (Å²) in [6.07, 6.45) is 4.72. The Morgan fingerprint density at radius 1 is 1.16 bits per heavy atom. The molecule has 1 spiro atoms. The maximum absolute atomic E-state index is 13.2. The van der Waals surface area contributed by atoms with Crippen LogP contribution < -0.4 is 15.4 Å². The van der Waals surface area contributed by atoms with Crippen molar-refractivity contribution in [1.29, 1.82) is 0 Å². The summed E-state index contributed by atoms with van der Waals surface area (Å²) in [4.78, 5) is 23.0. The van der Waals surface area contributed by atoms with E-state index in [1.807, 2.05) is 44.4 Å². The SMILES string of the molecule is CN(C)C1CCC2(C1)Nc1c(cnc3[nH]cc(C(O)c4ccc(Oc5ccccc5)cc4Cl)c13)NC2=O. The van der Waals surface area contributed by atoms with E-state index < -0.39 is 11.6 Å². The Hall–Kier alpha value is -3.59. The van der Waals surface area contributed by atoms with E-state index in [2.05, 4.69) is 25.5 Å². The van der Waals surface area contributed by atoms with E-state index in [1.54, 1.807) is 30.6 Å². The van der Waals surface area contributed by atoms with Crippen molar-refractivity contribution in [3.63, 3.8) is 0 Å². The van der Waals surface area contributed by atoms with E-state index in [0.29, 0.717) is 51.4 Å². The average molecular weight is 518 g/mol. The Balaban J connectivity index is 1.35. The summed E-state index contributed by atoms with van der Waals surface area (Å²) in [5, 5.41) is 19.2.